The van der Waals surface area contributed by atoms with E-state index in [1.165, 1.54) is 27.4 Å². The molecule has 1 N–H and O–H groups in total. The predicted molar refractivity (Wildman–Crippen MR) is 172 cm³/mol. The summed E-state index contributed by atoms with van der Waals surface area (Å²) >= 11 is 0. The Morgan fingerprint density at radius 1 is 0.804 bits per heavy atom. The highest BCUT2D eigenvalue weighted by atomic mass is 35.5. The van der Waals surface area contributed by atoms with Gasteiger partial charge in [-0.3, -0.25) is 5.32 Å². The molecule has 0 fully saturated rings. The van der Waals surface area contributed by atoms with Crippen molar-refractivity contribution >= 4 is 29.3 Å². The van der Waals surface area contributed by atoms with Crippen LogP contribution in [-0.2, 0) is 35.4 Å². The fraction of sp³-hybridized carbons (Fsp3) is 0.229. The van der Waals surface area contributed by atoms with Crippen LogP contribution in [0.15, 0.2) is 97.2 Å². The van der Waals surface area contributed by atoms with Crippen LogP contribution in [0.5, 0.6) is 17.2 Å². The van der Waals surface area contributed by atoms with Crippen molar-refractivity contribution < 1.29 is 36.9 Å². The van der Waals surface area contributed by atoms with Crippen LogP contribution in [0, 0.1) is 0 Å². The van der Waals surface area contributed by atoms with Crippen molar-refractivity contribution in [3.63, 3.8) is 0 Å². The molecular weight excluding hydrogens is 621 g/mol. The van der Waals surface area contributed by atoms with E-state index in [1.807, 2.05) is 65.4 Å². The van der Waals surface area contributed by atoms with E-state index in [0.29, 0.717) is 40.5 Å². The Morgan fingerprint density at radius 2 is 1.46 bits per heavy atom. The van der Waals surface area contributed by atoms with E-state index in [9.17, 15) is 18.0 Å². The lowest BCUT2D eigenvalue weighted by atomic mass is 10.0. The van der Waals surface area contributed by atoms with Crippen molar-refractivity contribution in [3.05, 3.63) is 125 Å². The molecule has 0 aliphatic rings. The van der Waals surface area contributed by atoms with Gasteiger partial charge in [-0.25, -0.2) is 4.79 Å². The summed E-state index contributed by atoms with van der Waals surface area (Å²) in [5.74, 6) is 0.623. The fourth-order valence-electron chi connectivity index (χ4n) is 5.27. The first-order valence-electron chi connectivity index (χ1n) is 14.2. The van der Waals surface area contributed by atoms with E-state index in [4.69, 9.17) is 18.9 Å². The van der Waals surface area contributed by atoms with Crippen molar-refractivity contribution in [3.8, 4) is 17.2 Å². The van der Waals surface area contributed by atoms with Crippen molar-refractivity contribution in [1.29, 1.82) is 0 Å². The molecule has 0 saturated carbocycles. The maximum absolute atomic E-state index is 13.8. The zero-order valence-corrected chi connectivity index (χ0v) is 26.3. The summed E-state index contributed by atoms with van der Waals surface area (Å²) in [4.78, 5) is 13.8. The average molecular weight is 655 g/mol. The molecule has 4 aromatic carbocycles. The van der Waals surface area contributed by atoms with Crippen LogP contribution in [0.25, 0.3) is 10.9 Å². The summed E-state index contributed by atoms with van der Waals surface area (Å²) in [6.45, 7) is 0.439. The maximum atomic E-state index is 13.8. The highest BCUT2D eigenvalue weighted by Gasteiger charge is 2.31. The third kappa shape index (κ3) is 7.75. The Morgan fingerprint density at radius 3 is 2.11 bits per heavy atom. The number of fused-ring (bicyclic) bond motifs is 1. The second-order valence-electron chi connectivity index (χ2n) is 10.4. The van der Waals surface area contributed by atoms with Gasteiger partial charge in [0.2, 0.25) is 5.75 Å². The van der Waals surface area contributed by atoms with Crippen molar-refractivity contribution in [1.82, 2.24) is 9.88 Å². The Labute approximate surface area is 271 Å². The number of rotatable bonds is 12. The van der Waals surface area contributed by atoms with E-state index in [0.717, 1.165) is 28.6 Å². The molecule has 1 unspecified atom stereocenters. The number of halogens is 4. The number of hydrogen-bond donors (Lipinski definition) is 1. The smallest absolute Gasteiger partial charge is 0.416 e. The van der Waals surface area contributed by atoms with Crippen LogP contribution in [0.4, 0.5) is 13.2 Å². The molecular formula is C35H34ClF3N2O5. The minimum Gasteiger partial charge on any atom is -0.493 e. The van der Waals surface area contributed by atoms with Crippen molar-refractivity contribution in [2.24, 2.45) is 0 Å². The van der Waals surface area contributed by atoms with Gasteiger partial charge >= 0.3 is 12.1 Å². The molecule has 0 aliphatic heterocycles. The van der Waals surface area contributed by atoms with Crippen LogP contribution >= 0.6 is 12.4 Å². The first kappa shape index (κ1) is 34.2. The zero-order chi connectivity index (χ0) is 32.0. The minimum atomic E-state index is -4.49. The Kier molecular flexibility index (Phi) is 11.2. The van der Waals surface area contributed by atoms with E-state index >= 15 is 0 Å². The van der Waals surface area contributed by atoms with E-state index < -0.39 is 23.8 Å². The second kappa shape index (κ2) is 15.1. The van der Waals surface area contributed by atoms with Crippen molar-refractivity contribution in [2.45, 2.75) is 31.9 Å². The van der Waals surface area contributed by atoms with Crippen LogP contribution in [0.1, 0.15) is 33.9 Å². The third-order valence-corrected chi connectivity index (χ3v) is 7.43. The Balaban J connectivity index is 0.00000480. The van der Waals surface area contributed by atoms with Crippen LogP contribution in [0.3, 0.4) is 0 Å². The van der Waals surface area contributed by atoms with Crippen LogP contribution in [-0.4, -0.2) is 31.9 Å². The maximum Gasteiger partial charge on any atom is 0.416 e. The third-order valence-electron chi connectivity index (χ3n) is 7.43. The Bertz CT molecular complexity index is 1750. The number of ether oxygens (including phenoxy) is 4. The number of nitrogens with zero attached hydrogens (tertiary/aromatic N) is 1. The van der Waals surface area contributed by atoms with E-state index in [2.05, 4.69) is 5.32 Å². The van der Waals surface area contributed by atoms with Gasteiger partial charge in [-0.2, -0.15) is 13.2 Å². The van der Waals surface area contributed by atoms with Gasteiger partial charge in [0.1, 0.15) is 12.6 Å². The molecule has 0 aliphatic carbocycles. The average Bonchev–Trinajstić information content (AvgIpc) is 3.41. The molecule has 242 valence electrons. The fourth-order valence-corrected chi connectivity index (χ4v) is 5.27. The van der Waals surface area contributed by atoms with Gasteiger partial charge in [0.25, 0.3) is 0 Å². The van der Waals surface area contributed by atoms with Crippen LogP contribution < -0.4 is 19.5 Å². The van der Waals surface area contributed by atoms with E-state index in [1.54, 1.807) is 18.2 Å². The standard InChI is InChI=1S/C35H33F3N2O5.ClH/c1-42-30-17-25(18-31(43-2)33(30)44-3)22-45-34(41)32(39-19-24-12-9-13-26(16-24)35(36,37)38)28-21-40(20-23-10-5-4-6-11-23)29-15-8-7-14-27(28)29;/h4-18,21,32,39H,19-20,22H2,1-3H3;1H. The summed E-state index contributed by atoms with van der Waals surface area (Å²) in [5.41, 5.74) is 2.83. The molecule has 5 rings (SSSR count). The lowest BCUT2D eigenvalue weighted by molar-refractivity contribution is -0.147. The molecule has 1 heterocycles. The molecule has 0 bridgehead atoms. The van der Waals surface area contributed by atoms with Crippen molar-refractivity contribution in [2.75, 3.05) is 21.3 Å². The number of aromatic nitrogens is 1. The highest BCUT2D eigenvalue weighted by Crippen LogP contribution is 2.38. The van der Waals surface area contributed by atoms with Gasteiger partial charge in [-0.15, -0.1) is 12.4 Å². The lowest BCUT2D eigenvalue weighted by Crippen LogP contribution is -2.30. The van der Waals surface area contributed by atoms with E-state index in [-0.39, 0.29) is 25.6 Å². The summed E-state index contributed by atoms with van der Waals surface area (Å²) < 4.78 is 64.3. The molecule has 0 saturated heterocycles. The number of benzene rings is 4. The molecule has 0 radical (unpaired) electrons. The number of nitrogens with one attached hydrogen (secondary N) is 1. The van der Waals surface area contributed by atoms with Gasteiger partial charge in [0.05, 0.1) is 26.9 Å². The summed E-state index contributed by atoms with van der Waals surface area (Å²) in [7, 11) is 4.48. The van der Waals surface area contributed by atoms with Crippen LogP contribution in [0.2, 0.25) is 0 Å². The number of methoxy groups -OCH3 is 3. The van der Waals surface area contributed by atoms with Gasteiger partial charge < -0.3 is 23.5 Å². The largest absolute Gasteiger partial charge is 0.493 e. The predicted octanol–water partition coefficient (Wildman–Crippen LogP) is 7.73. The normalized spacial score (nSPS) is 11.9. The number of carbonyl (C=O) groups is 1. The SMILES string of the molecule is COc1cc(COC(=O)C(NCc2cccc(C(F)(F)F)c2)c2cn(Cc3ccccc3)c3ccccc23)cc(OC)c1OC.Cl. The minimum absolute atomic E-state index is 0. The number of para-hydroxylation sites is 1. The lowest BCUT2D eigenvalue weighted by Gasteiger charge is -2.19. The first-order valence-corrected chi connectivity index (χ1v) is 14.2. The number of carbonyl (C=O) groups excluding carboxylic acids is 1. The first-order chi connectivity index (χ1) is 21.7. The monoisotopic (exact) mass is 654 g/mol. The molecule has 46 heavy (non-hydrogen) atoms. The highest BCUT2D eigenvalue weighted by molar-refractivity contribution is 5.90. The van der Waals surface area contributed by atoms with Gasteiger partial charge in [0, 0.05) is 35.8 Å². The zero-order valence-electron chi connectivity index (χ0n) is 25.5. The summed E-state index contributed by atoms with van der Waals surface area (Å²) in [5, 5.41) is 3.99. The number of alkyl halides is 3. The number of hydrogen-bond acceptors (Lipinski definition) is 6. The van der Waals surface area contributed by atoms with Gasteiger partial charge in [-0.05, 0) is 41.0 Å². The summed E-state index contributed by atoms with van der Waals surface area (Å²) in [6.07, 6.45) is -2.60. The number of esters is 1. The Hall–Kier alpha value is -4.67. The quantitative estimate of drug-likeness (QED) is 0.139. The summed E-state index contributed by atoms with van der Waals surface area (Å²) in [6, 6.07) is 25.0. The molecule has 5 aromatic rings. The molecule has 7 nitrogen and oxygen atoms in total. The molecule has 1 atom stereocenters. The molecule has 1 aromatic heterocycles. The molecule has 0 spiro atoms. The molecule has 0 amide bonds. The molecule has 11 heteroatoms. The van der Waals surface area contributed by atoms with Gasteiger partial charge in [0.15, 0.2) is 11.5 Å². The second-order valence-corrected chi connectivity index (χ2v) is 10.4. The topological polar surface area (TPSA) is 71.0 Å². The van der Waals surface area contributed by atoms with Gasteiger partial charge in [-0.1, -0.05) is 66.7 Å².